The Morgan fingerprint density at radius 2 is 2.09 bits per heavy atom. The molecule has 2 aliphatic heterocycles. The highest BCUT2D eigenvalue weighted by Gasteiger charge is 2.25. The van der Waals surface area contributed by atoms with Gasteiger partial charge in [0.1, 0.15) is 12.4 Å². The molecule has 1 saturated heterocycles. The molecule has 1 amide bonds. The van der Waals surface area contributed by atoms with Crippen molar-refractivity contribution in [2.45, 2.75) is 38.7 Å². The summed E-state index contributed by atoms with van der Waals surface area (Å²) in [5, 5.41) is 5.11. The van der Waals surface area contributed by atoms with Crippen molar-refractivity contribution in [3.8, 4) is 5.75 Å². The van der Waals surface area contributed by atoms with Crippen LogP contribution >= 0.6 is 0 Å². The lowest BCUT2D eigenvalue weighted by molar-refractivity contribution is -0.194. The molecule has 3 aromatic rings. The molecule has 3 heterocycles. The molecular weight excluding hydrogens is 441 g/mol. The second kappa shape index (κ2) is 9.99. The molecule has 0 spiro atoms. The van der Waals surface area contributed by atoms with Crippen molar-refractivity contribution in [2.75, 3.05) is 37.7 Å². The molecule has 0 radical (unpaired) electrons. The summed E-state index contributed by atoms with van der Waals surface area (Å²) in [5.74, 6) is 0.627. The van der Waals surface area contributed by atoms with Gasteiger partial charge in [-0.05, 0) is 57.5 Å². The van der Waals surface area contributed by atoms with Crippen LogP contribution in [-0.4, -0.2) is 48.9 Å². The lowest BCUT2D eigenvalue weighted by atomic mass is 9.91. The van der Waals surface area contributed by atoms with E-state index in [0.717, 1.165) is 61.2 Å². The highest BCUT2D eigenvalue weighted by Crippen LogP contribution is 2.33. The Bertz CT molecular complexity index is 1160. The third-order valence-electron chi connectivity index (χ3n) is 6.54. The van der Waals surface area contributed by atoms with Crippen molar-refractivity contribution >= 4 is 22.7 Å². The van der Waals surface area contributed by atoms with Crippen molar-refractivity contribution in [2.24, 2.45) is 0 Å². The van der Waals surface area contributed by atoms with E-state index >= 15 is 0 Å². The minimum atomic E-state index is -0.366. The number of piperidine rings is 1. The van der Waals surface area contributed by atoms with Gasteiger partial charge in [-0.3, -0.25) is 4.90 Å². The van der Waals surface area contributed by atoms with Gasteiger partial charge in [-0.1, -0.05) is 11.2 Å². The number of nitrogens with zero attached hydrogens (tertiary/aromatic N) is 3. The molecule has 8 nitrogen and oxygen atoms in total. The predicted molar refractivity (Wildman–Crippen MR) is 123 cm³/mol. The summed E-state index contributed by atoms with van der Waals surface area (Å²) in [4.78, 5) is 26.7. The monoisotopic (exact) mass is 469 g/mol. The van der Waals surface area contributed by atoms with Gasteiger partial charge < -0.3 is 19.0 Å². The van der Waals surface area contributed by atoms with Gasteiger partial charge in [0.15, 0.2) is 11.3 Å². The van der Waals surface area contributed by atoms with E-state index in [0.29, 0.717) is 37.0 Å². The van der Waals surface area contributed by atoms with E-state index in [1.165, 1.54) is 12.1 Å². The number of hydrogen-bond acceptors (Lipinski definition) is 7. The second-order valence-electron chi connectivity index (χ2n) is 8.67. The Balaban J connectivity index is 1.06. The van der Waals surface area contributed by atoms with Gasteiger partial charge >= 0.3 is 6.09 Å². The summed E-state index contributed by atoms with van der Waals surface area (Å²) in [7, 11) is 0. The minimum Gasteiger partial charge on any atom is -0.449 e. The van der Waals surface area contributed by atoms with Crippen LogP contribution in [0, 0.1) is 5.82 Å². The molecule has 0 bridgehead atoms. The number of carbonyl (C=O) groups is 1. The average Bonchev–Trinajstić information content (AvgIpc) is 3.49. The van der Waals surface area contributed by atoms with E-state index in [-0.39, 0.29) is 11.9 Å². The molecule has 34 heavy (non-hydrogen) atoms. The van der Waals surface area contributed by atoms with Crippen LogP contribution in [0.2, 0.25) is 0 Å². The Kier molecular flexibility index (Phi) is 6.64. The number of benzene rings is 2. The molecule has 1 fully saturated rings. The van der Waals surface area contributed by atoms with Crippen LogP contribution in [0.3, 0.4) is 0 Å². The highest BCUT2D eigenvalue weighted by molar-refractivity contribution is 5.88. The molecule has 0 unspecified atom stereocenters. The first kappa shape index (κ1) is 22.6. The molecular formula is C25H28FN3O5. The van der Waals surface area contributed by atoms with Crippen molar-refractivity contribution in [1.82, 2.24) is 10.1 Å². The van der Waals surface area contributed by atoms with Gasteiger partial charge in [-0.2, -0.15) is 4.89 Å². The number of halogens is 1. The van der Waals surface area contributed by atoms with Gasteiger partial charge in [0.05, 0.1) is 18.0 Å². The lowest BCUT2D eigenvalue weighted by Crippen LogP contribution is -2.35. The summed E-state index contributed by atoms with van der Waals surface area (Å²) in [5.41, 5.74) is 3.11. The fourth-order valence-electron chi connectivity index (χ4n) is 4.66. The fourth-order valence-corrected chi connectivity index (χ4v) is 4.66. The molecule has 1 aromatic heterocycles. The number of amides is 1. The summed E-state index contributed by atoms with van der Waals surface area (Å²) < 4.78 is 24.3. The lowest BCUT2D eigenvalue weighted by Gasteiger charge is -2.31. The second-order valence-corrected chi connectivity index (χ2v) is 8.67. The Hall–Kier alpha value is -3.17. The largest absolute Gasteiger partial charge is 0.449 e. The highest BCUT2D eigenvalue weighted by atomic mass is 19.1. The molecule has 2 aliphatic rings. The normalized spacial score (nSPS) is 16.4. The van der Waals surface area contributed by atoms with Crippen LogP contribution in [0.15, 0.2) is 40.9 Å². The quantitative estimate of drug-likeness (QED) is 0.355. The fraction of sp³-hybridized carbons (Fsp3) is 0.440. The van der Waals surface area contributed by atoms with Gasteiger partial charge in [-0.15, -0.1) is 0 Å². The van der Waals surface area contributed by atoms with E-state index in [1.54, 1.807) is 17.0 Å². The third kappa shape index (κ3) is 4.71. The van der Waals surface area contributed by atoms with Crippen LogP contribution in [0.5, 0.6) is 5.75 Å². The van der Waals surface area contributed by atoms with Crippen LogP contribution in [0.25, 0.3) is 11.0 Å². The summed E-state index contributed by atoms with van der Waals surface area (Å²) in [6, 6.07) is 10.2. The number of fused-ring (bicyclic) bond motifs is 2. The van der Waals surface area contributed by atoms with E-state index in [4.69, 9.17) is 19.0 Å². The summed E-state index contributed by atoms with van der Waals surface area (Å²) in [6.07, 6.45) is 2.33. The Labute approximate surface area is 197 Å². The van der Waals surface area contributed by atoms with Gasteiger partial charge in [0, 0.05) is 42.1 Å². The van der Waals surface area contributed by atoms with Crippen LogP contribution in [-0.2, 0) is 16.2 Å². The predicted octanol–water partition coefficient (Wildman–Crippen LogP) is 5.02. The zero-order valence-corrected chi connectivity index (χ0v) is 19.2. The maximum absolute atomic E-state index is 13.4. The zero-order valence-electron chi connectivity index (χ0n) is 19.2. The van der Waals surface area contributed by atoms with E-state index in [9.17, 15) is 9.18 Å². The first-order chi connectivity index (χ1) is 16.6. The van der Waals surface area contributed by atoms with Crippen LogP contribution in [0.1, 0.15) is 43.4 Å². The molecule has 0 saturated carbocycles. The third-order valence-corrected chi connectivity index (χ3v) is 6.54. The smallest absolute Gasteiger partial charge is 0.414 e. The average molecular weight is 470 g/mol. The van der Waals surface area contributed by atoms with Crippen molar-refractivity contribution in [3.63, 3.8) is 0 Å². The number of hydrogen-bond donors (Lipinski definition) is 0. The molecule has 5 rings (SSSR count). The standard InChI is InChI=1S/C25H28FN3O5/c1-2-29(20-6-4-18-16-32-34-22(18)15-20)25(30)31-13-3-10-28-11-8-17(9-12-28)24-21-7-5-19(26)14-23(21)33-27-24/h4-7,14-15,17H,2-3,8-13,16H2,1H3. The minimum absolute atomic E-state index is 0.306. The summed E-state index contributed by atoms with van der Waals surface area (Å²) >= 11 is 0. The molecule has 9 heteroatoms. The number of aromatic nitrogens is 1. The van der Waals surface area contributed by atoms with Crippen molar-refractivity contribution in [1.29, 1.82) is 0 Å². The number of rotatable bonds is 7. The first-order valence-electron chi connectivity index (χ1n) is 11.8. The zero-order chi connectivity index (χ0) is 23.5. The van der Waals surface area contributed by atoms with E-state index < -0.39 is 0 Å². The van der Waals surface area contributed by atoms with Crippen molar-refractivity contribution < 1.29 is 28.2 Å². The molecule has 0 aliphatic carbocycles. The molecule has 0 N–H and O–H groups in total. The number of ether oxygens (including phenoxy) is 1. The molecule has 0 atom stereocenters. The van der Waals surface area contributed by atoms with Gasteiger partial charge in [0.2, 0.25) is 0 Å². The SMILES string of the molecule is CCN(C(=O)OCCCN1CCC(c2noc3cc(F)ccc23)CC1)c1ccc2c(c1)OOC2. The summed E-state index contributed by atoms with van der Waals surface area (Å²) in [6.45, 7) is 5.91. The maximum atomic E-state index is 13.4. The Morgan fingerprint density at radius 1 is 1.24 bits per heavy atom. The van der Waals surface area contributed by atoms with Gasteiger partial charge in [0.25, 0.3) is 0 Å². The van der Waals surface area contributed by atoms with Gasteiger partial charge in [-0.25, -0.2) is 9.18 Å². The number of likely N-dealkylation sites (tertiary alicyclic amines) is 1. The molecule has 2 aromatic carbocycles. The first-order valence-corrected chi connectivity index (χ1v) is 11.8. The van der Waals surface area contributed by atoms with E-state index in [2.05, 4.69) is 10.1 Å². The van der Waals surface area contributed by atoms with Crippen molar-refractivity contribution in [3.05, 3.63) is 53.5 Å². The topological polar surface area (TPSA) is 77.3 Å². The van der Waals surface area contributed by atoms with Crippen LogP contribution in [0.4, 0.5) is 14.9 Å². The maximum Gasteiger partial charge on any atom is 0.414 e. The number of anilines is 1. The van der Waals surface area contributed by atoms with Crippen LogP contribution < -0.4 is 9.79 Å². The molecule has 180 valence electrons. The van der Waals surface area contributed by atoms with E-state index in [1.807, 2.05) is 19.1 Å². The number of carbonyl (C=O) groups excluding carboxylic acids is 1. The Morgan fingerprint density at radius 3 is 2.91 bits per heavy atom.